The van der Waals surface area contributed by atoms with Crippen molar-refractivity contribution in [2.75, 3.05) is 11.9 Å². The Balaban J connectivity index is 3.25. The summed E-state index contributed by atoms with van der Waals surface area (Å²) in [6, 6.07) is 0. The molecule has 0 atom stereocenters. The molecule has 0 aliphatic carbocycles. The van der Waals surface area contributed by atoms with Gasteiger partial charge in [0.1, 0.15) is 11.6 Å². The SMILES string of the molecule is CCNc1cnc(C)n1S(=O)(=O)O. The Morgan fingerprint density at radius 1 is 1.69 bits per heavy atom. The van der Waals surface area contributed by atoms with Crippen molar-refractivity contribution >= 4 is 16.1 Å². The van der Waals surface area contributed by atoms with E-state index in [1.165, 1.54) is 13.1 Å². The zero-order chi connectivity index (χ0) is 10.1. The van der Waals surface area contributed by atoms with Gasteiger partial charge in [-0.15, -0.1) is 0 Å². The molecule has 0 aliphatic heterocycles. The van der Waals surface area contributed by atoms with Crippen molar-refractivity contribution in [3.63, 3.8) is 0 Å². The molecule has 0 spiro atoms. The van der Waals surface area contributed by atoms with Gasteiger partial charge in [-0.2, -0.15) is 12.4 Å². The number of hydrogen-bond donors (Lipinski definition) is 2. The molecule has 74 valence electrons. The van der Waals surface area contributed by atoms with Gasteiger partial charge in [0.05, 0.1) is 6.20 Å². The Labute approximate surface area is 76.5 Å². The minimum Gasteiger partial charge on any atom is -0.370 e. The van der Waals surface area contributed by atoms with E-state index >= 15 is 0 Å². The Hall–Kier alpha value is -1.08. The van der Waals surface area contributed by atoms with Gasteiger partial charge >= 0.3 is 10.3 Å². The number of aromatic nitrogens is 2. The molecule has 0 saturated heterocycles. The Kier molecular flexibility index (Phi) is 2.58. The van der Waals surface area contributed by atoms with Gasteiger partial charge in [0, 0.05) is 6.54 Å². The van der Waals surface area contributed by atoms with E-state index in [1.807, 2.05) is 6.92 Å². The lowest BCUT2D eigenvalue weighted by atomic mass is 10.7. The predicted molar refractivity (Wildman–Crippen MR) is 48.1 cm³/mol. The number of nitrogens with zero attached hydrogens (tertiary/aromatic N) is 2. The molecule has 0 radical (unpaired) electrons. The third kappa shape index (κ3) is 1.99. The van der Waals surface area contributed by atoms with E-state index in [0.29, 0.717) is 6.54 Å². The van der Waals surface area contributed by atoms with Crippen LogP contribution < -0.4 is 5.32 Å². The first kappa shape index (κ1) is 10.0. The van der Waals surface area contributed by atoms with Gasteiger partial charge in [-0.05, 0) is 13.8 Å². The number of imidazole rings is 1. The molecular weight excluding hydrogens is 194 g/mol. The molecule has 0 bridgehead atoms. The second-order valence-corrected chi connectivity index (χ2v) is 3.72. The van der Waals surface area contributed by atoms with Crippen LogP contribution in [0.15, 0.2) is 6.20 Å². The van der Waals surface area contributed by atoms with Gasteiger partial charge in [-0.1, -0.05) is 0 Å². The quantitative estimate of drug-likeness (QED) is 0.692. The van der Waals surface area contributed by atoms with Gasteiger partial charge < -0.3 is 5.32 Å². The fourth-order valence-corrected chi connectivity index (χ4v) is 1.76. The highest BCUT2D eigenvalue weighted by atomic mass is 32.2. The first-order chi connectivity index (χ1) is 5.96. The molecule has 1 aromatic heterocycles. The third-order valence-corrected chi connectivity index (χ3v) is 2.40. The molecule has 0 amide bonds. The molecule has 1 aromatic rings. The summed E-state index contributed by atoms with van der Waals surface area (Å²) in [5, 5.41) is 2.76. The Morgan fingerprint density at radius 2 is 2.31 bits per heavy atom. The van der Waals surface area contributed by atoms with Crippen molar-refractivity contribution in [2.24, 2.45) is 0 Å². The molecule has 0 saturated carbocycles. The van der Waals surface area contributed by atoms with Crippen molar-refractivity contribution in [2.45, 2.75) is 13.8 Å². The molecule has 0 aromatic carbocycles. The van der Waals surface area contributed by atoms with E-state index in [2.05, 4.69) is 10.3 Å². The van der Waals surface area contributed by atoms with E-state index < -0.39 is 10.3 Å². The van der Waals surface area contributed by atoms with Gasteiger partial charge in [0.2, 0.25) is 0 Å². The number of nitrogens with one attached hydrogen (secondary N) is 1. The molecule has 13 heavy (non-hydrogen) atoms. The van der Waals surface area contributed by atoms with Crippen LogP contribution in [0.4, 0.5) is 5.82 Å². The van der Waals surface area contributed by atoms with Crippen LogP contribution in [0.2, 0.25) is 0 Å². The highest BCUT2D eigenvalue weighted by molar-refractivity contribution is 7.84. The lowest BCUT2D eigenvalue weighted by molar-refractivity contribution is 0.472. The molecule has 1 rings (SSSR count). The number of aryl methyl sites for hydroxylation is 1. The fourth-order valence-electron chi connectivity index (χ4n) is 1.02. The van der Waals surface area contributed by atoms with Crippen molar-refractivity contribution in [3.05, 3.63) is 12.0 Å². The summed E-state index contributed by atoms with van der Waals surface area (Å²) < 4.78 is 31.3. The molecule has 1 heterocycles. The summed E-state index contributed by atoms with van der Waals surface area (Å²) in [6.45, 7) is 3.87. The topological polar surface area (TPSA) is 84.2 Å². The lowest BCUT2D eigenvalue weighted by Gasteiger charge is -2.06. The average molecular weight is 205 g/mol. The maximum Gasteiger partial charge on any atom is 0.366 e. The predicted octanol–water partition coefficient (Wildman–Crippen LogP) is 0.274. The van der Waals surface area contributed by atoms with Gasteiger partial charge in [-0.3, -0.25) is 4.55 Å². The molecule has 2 N–H and O–H groups in total. The Bertz CT molecular complexity index is 395. The van der Waals surface area contributed by atoms with Crippen molar-refractivity contribution < 1.29 is 13.0 Å². The van der Waals surface area contributed by atoms with Gasteiger partial charge in [0.25, 0.3) is 0 Å². The van der Waals surface area contributed by atoms with Crippen LogP contribution in [0.3, 0.4) is 0 Å². The van der Waals surface area contributed by atoms with Crippen LogP contribution in [-0.4, -0.2) is 28.5 Å². The van der Waals surface area contributed by atoms with E-state index in [9.17, 15) is 8.42 Å². The third-order valence-electron chi connectivity index (χ3n) is 1.48. The first-order valence-corrected chi connectivity index (χ1v) is 5.12. The highest BCUT2D eigenvalue weighted by Gasteiger charge is 2.16. The average Bonchev–Trinajstić information content (AvgIpc) is 2.31. The summed E-state index contributed by atoms with van der Waals surface area (Å²) in [5.41, 5.74) is 0. The van der Waals surface area contributed by atoms with E-state index in [4.69, 9.17) is 4.55 Å². The van der Waals surface area contributed by atoms with Crippen LogP contribution in [-0.2, 0) is 10.3 Å². The monoisotopic (exact) mass is 205 g/mol. The van der Waals surface area contributed by atoms with Crippen LogP contribution in [0.1, 0.15) is 12.7 Å². The molecule has 0 unspecified atom stereocenters. The molecule has 0 aliphatic rings. The van der Waals surface area contributed by atoms with Crippen LogP contribution >= 0.6 is 0 Å². The van der Waals surface area contributed by atoms with Crippen LogP contribution in [0, 0.1) is 6.92 Å². The number of hydrogen-bond acceptors (Lipinski definition) is 4. The zero-order valence-corrected chi connectivity index (χ0v) is 8.17. The smallest absolute Gasteiger partial charge is 0.366 e. The molecular formula is C6H11N3O3S. The standard InChI is InChI=1S/C6H11N3O3S/c1-3-7-6-4-8-5(2)9(6)13(10,11)12/h4,7H,3H2,1-2H3,(H,10,11,12). The van der Waals surface area contributed by atoms with Crippen LogP contribution in [0.25, 0.3) is 0 Å². The normalized spacial score (nSPS) is 11.6. The van der Waals surface area contributed by atoms with Crippen molar-refractivity contribution in [1.82, 2.24) is 8.96 Å². The highest BCUT2D eigenvalue weighted by Crippen LogP contribution is 2.12. The summed E-state index contributed by atoms with van der Waals surface area (Å²) >= 11 is 0. The van der Waals surface area contributed by atoms with E-state index in [0.717, 1.165) is 3.97 Å². The minimum absolute atomic E-state index is 0.221. The van der Waals surface area contributed by atoms with Crippen LogP contribution in [0.5, 0.6) is 0 Å². The number of rotatable bonds is 3. The van der Waals surface area contributed by atoms with Crippen molar-refractivity contribution in [3.8, 4) is 0 Å². The zero-order valence-electron chi connectivity index (χ0n) is 7.35. The van der Waals surface area contributed by atoms with Gasteiger partial charge in [-0.25, -0.2) is 4.98 Å². The fraction of sp³-hybridized carbons (Fsp3) is 0.500. The first-order valence-electron chi connectivity index (χ1n) is 3.73. The second-order valence-electron chi connectivity index (χ2n) is 2.46. The van der Waals surface area contributed by atoms with E-state index in [1.54, 1.807) is 0 Å². The van der Waals surface area contributed by atoms with E-state index in [-0.39, 0.29) is 11.6 Å². The largest absolute Gasteiger partial charge is 0.370 e. The molecule has 6 nitrogen and oxygen atoms in total. The summed E-state index contributed by atoms with van der Waals surface area (Å²) in [7, 11) is -4.25. The lowest BCUT2D eigenvalue weighted by Crippen LogP contribution is -2.16. The summed E-state index contributed by atoms with van der Waals surface area (Å²) in [5.74, 6) is 0.487. The summed E-state index contributed by atoms with van der Waals surface area (Å²) in [4.78, 5) is 3.76. The number of anilines is 1. The maximum absolute atomic E-state index is 10.8. The maximum atomic E-state index is 10.8. The molecule has 0 fully saturated rings. The molecule has 7 heteroatoms. The van der Waals surface area contributed by atoms with Crippen molar-refractivity contribution in [1.29, 1.82) is 0 Å². The summed E-state index contributed by atoms with van der Waals surface area (Å²) in [6.07, 6.45) is 1.35. The minimum atomic E-state index is -4.25. The Morgan fingerprint density at radius 3 is 2.77 bits per heavy atom. The van der Waals surface area contributed by atoms with Gasteiger partial charge in [0.15, 0.2) is 0 Å². The second kappa shape index (κ2) is 3.35.